The molecule has 0 bridgehead atoms. The maximum atomic E-state index is 12.9. The third-order valence-corrected chi connectivity index (χ3v) is 7.45. The lowest BCUT2D eigenvalue weighted by Crippen LogP contribution is -2.47. The molecule has 0 aliphatic rings. The van der Waals surface area contributed by atoms with Crippen LogP contribution in [0.3, 0.4) is 0 Å². The molecule has 158 valence electrons. The molecule has 3 rings (SSSR count). The van der Waals surface area contributed by atoms with Crippen LogP contribution in [0.2, 0.25) is 0 Å². The first-order valence-electron chi connectivity index (χ1n) is 9.28. The van der Waals surface area contributed by atoms with Crippen LogP contribution in [0.1, 0.15) is 20.3 Å². The number of rotatable bonds is 8. The van der Waals surface area contributed by atoms with Crippen LogP contribution in [0.15, 0.2) is 64.0 Å². The molecule has 0 aliphatic carbocycles. The Kier molecular flexibility index (Phi) is 7.35. The summed E-state index contributed by atoms with van der Waals surface area (Å²) in [5, 5.41) is 11.8. The van der Waals surface area contributed by atoms with E-state index < -0.39 is 22.0 Å². The maximum absolute atomic E-state index is 12.9. The number of amides is 1. The normalized spacial score (nSPS) is 13.6. The van der Waals surface area contributed by atoms with E-state index >= 15 is 0 Å². The second kappa shape index (κ2) is 9.78. The number of carbonyl (C=O) groups is 1. The summed E-state index contributed by atoms with van der Waals surface area (Å²) in [7, 11) is -3.87. The van der Waals surface area contributed by atoms with Crippen molar-refractivity contribution in [2.24, 2.45) is 5.92 Å². The highest BCUT2D eigenvalue weighted by Gasteiger charge is 2.30. The van der Waals surface area contributed by atoms with E-state index in [1.807, 2.05) is 44.2 Å². The van der Waals surface area contributed by atoms with Crippen LogP contribution in [-0.4, -0.2) is 30.6 Å². The van der Waals surface area contributed by atoms with Crippen molar-refractivity contribution in [2.45, 2.75) is 31.2 Å². The minimum atomic E-state index is -3.87. The topological polar surface area (TPSA) is 101 Å². The first-order valence-corrected chi connectivity index (χ1v) is 12.4. The lowest BCUT2D eigenvalue weighted by atomic mass is 9.99. The second-order valence-corrected chi connectivity index (χ2v) is 10.3. The van der Waals surface area contributed by atoms with Crippen molar-refractivity contribution in [2.75, 3.05) is 5.32 Å². The van der Waals surface area contributed by atoms with Gasteiger partial charge < -0.3 is 0 Å². The molecule has 30 heavy (non-hydrogen) atoms. The number of nitrogens with one attached hydrogen (secondary N) is 2. The monoisotopic (exact) mass is 508 g/mol. The predicted octanol–water partition coefficient (Wildman–Crippen LogP) is 4.30. The highest BCUT2D eigenvalue weighted by atomic mass is 79.9. The fourth-order valence-corrected chi connectivity index (χ4v) is 4.99. The van der Waals surface area contributed by atoms with E-state index in [4.69, 9.17) is 0 Å². The fraction of sp³-hybridized carbons (Fsp3) is 0.250. The summed E-state index contributed by atoms with van der Waals surface area (Å²) in [6.07, 6.45) is 0.617. The van der Waals surface area contributed by atoms with Gasteiger partial charge in [0.15, 0.2) is 0 Å². The lowest BCUT2D eigenvalue weighted by Gasteiger charge is -2.22. The van der Waals surface area contributed by atoms with Crippen molar-refractivity contribution in [3.63, 3.8) is 0 Å². The van der Waals surface area contributed by atoms with Gasteiger partial charge in [-0.25, -0.2) is 8.42 Å². The Morgan fingerprint density at radius 3 is 2.40 bits per heavy atom. The molecule has 2 N–H and O–H groups in total. The molecular weight excluding hydrogens is 488 g/mol. The number of aromatic nitrogens is 2. The highest BCUT2D eigenvalue weighted by Crippen LogP contribution is 2.26. The smallest absolute Gasteiger partial charge is 0.244 e. The van der Waals surface area contributed by atoms with Crippen molar-refractivity contribution in [1.82, 2.24) is 14.9 Å². The first-order chi connectivity index (χ1) is 14.3. The van der Waals surface area contributed by atoms with Crippen LogP contribution in [0.25, 0.3) is 10.6 Å². The van der Waals surface area contributed by atoms with Gasteiger partial charge >= 0.3 is 0 Å². The molecule has 10 heteroatoms. The van der Waals surface area contributed by atoms with Crippen LogP contribution < -0.4 is 10.0 Å². The van der Waals surface area contributed by atoms with Crippen molar-refractivity contribution >= 4 is 48.3 Å². The molecule has 0 saturated carbocycles. The van der Waals surface area contributed by atoms with Gasteiger partial charge in [-0.1, -0.05) is 77.9 Å². The molecule has 2 aromatic carbocycles. The Labute approximate surface area is 188 Å². The van der Waals surface area contributed by atoms with Crippen molar-refractivity contribution in [3.8, 4) is 10.6 Å². The van der Waals surface area contributed by atoms with E-state index in [9.17, 15) is 13.2 Å². The standard InChI is InChI=1S/C20H21BrN4O3S2/c1-3-13(2)17(25-30(27,28)16-11-9-15(21)10-12-16)18(26)22-20-24-23-19(29-20)14-7-5-4-6-8-14/h4-13,17,25H,3H2,1-2H3,(H,22,24,26). The molecule has 3 aromatic rings. The van der Waals surface area contributed by atoms with Gasteiger partial charge in [-0.05, 0) is 30.2 Å². The average molecular weight is 509 g/mol. The summed E-state index contributed by atoms with van der Waals surface area (Å²) >= 11 is 4.52. The molecule has 0 aliphatic heterocycles. The fourth-order valence-electron chi connectivity index (χ4n) is 2.67. The van der Waals surface area contributed by atoms with Crippen LogP contribution in [0.4, 0.5) is 5.13 Å². The first kappa shape index (κ1) is 22.5. The maximum Gasteiger partial charge on any atom is 0.244 e. The number of anilines is 1. The Hall–Kier alpha value is -2.14. The Morgan fingerprint density at radius 1 is 1.10 bits per heavy atom. The number of hydrogen-bond donors (Lipinski definition) is 2. The van der Waals surface area contributed by atoms with Crippen molar-refractivity contribution in [1.29, 1.82) is 0 Å². The summed E-state index contributed by atoms with van der Waals surface area (Å²) in [5.41, 5.74) is 0.893. The molecule has 7 nitrogen and oxygen atoms in total. The third kappa shape index (κ3) is 5.51. The summed E-state index contributed by atoms with van der Waals surface area (Å²) in [4.78, 5) is 13.0. The predicted molar refractivity (Wildman–Crippen MR) is 122 cm³/mol. The molecular formula is C20H21BrN4O3S2. The van der Waals surface area contributed by atoms with Gasteiger partial charge in [0.2, 0.25) is 21.1 Å². The zero-order chi connectivity index (χ0) is 21.7. The minimum Gasteiger partial charge on any atom is -0.299 e. The average Bonchev–Trinajstić information content (AvgIpc) is 3.21. The zero-order valence-corrected chi connectivity index (χ0v) is 19.6. The van der Waals surface area contributed by atoms with Crippen molar-refractivity contribution in [3.05, 3.63) is 59.1 Å². The largest absolute Gasteiger partial charge is 0.299 e. The van der Waals surface area contributed by atoms with Gasteiger partial charge in [-0.3, -0.25) is 10.1 Å². The SMILES string of the molecule is CCC(C)C(NS(=O)(=O)c1ccc(Br)cc1)C(=O)Nc1nnc(-c2ccccc2)s1. The highest BCUT2D eigenvalue weighted by molar-refractivity contribution is 9.10. The van der Waals surface area contributed by atoms with Crippen LogP contribution in [0.5, 0.6) is 0 Å². The molecule has 0 spiro atoms. The zero-order valence-electron chi connectivity index (χ0n) is 16.4. The number of sulfonamides is 1. The van der Waals surface area contributed by atoms with Gasteiger partial charge in [-0.15, -0.1) is 10.2 Å². The molecule has 1 heterocycles. The Morgan fingerprint density at radius 2 is 1.77 bits per heavy atom. The van der Waals surface area contributed by atoms with E-state index in [0.717, 1.165) is 10.0 Å². The van der Waals surface area contributed by atoms with Crippen molar-refractivity contribution < 1.29 is 13.2 Å². The number of halogens is 1. The van der Waals surface area contributed by atoms with Gasteiger partial charge in [0.1, 0.15) is 11.0 Å². The molecule has 1 aromatic heterocycles. The molecule has 0 radical (unpaired) electrons. The van der Waals surface area contributed by atoms with E-state index in [2.05, 4.69) is 36.2 Å². The Bertz CT molecular complexity index is 1100. The summed E-state index contributed by atoms with van der Waals surface area (Å²) in [6.45, 7) is 3.72. The van der Waals surface area contributed by atoms with E-state index in [1.54, 1.807) is 12.1 Å². The van der Waals surface area contributed by atoms with Crippen LogP contribution in [0, 0.1) is 5.92 Å². The number of carbonyl (C=O) groups excluding carboxylic acids is 1. The van der Waals surface area contributed by atoms with Crippen LogP contribution in [-0.2, 0) is 14.8 Å². The molecule has 0 fully saturated rings. The molecule has 2 unspecified atom stereocenters. The van der Waals surface area contributed by atoms with Gasteiger partial charge in [0.05, 0.1) is 4.90 Å². The number of nitrogens with zero attached hydrogens (tertiary/aromatic N) is 2. The number of hydrogen-bond acceptors (Lipinski definition) is 6. The van der Waals surface area contributed by atoms with Gasteiger partial charge in [0.25, 0.3) is 0 Å². The molecule has 1 amide bonds. The second-order valence-electron chi connectivity index (χ2n) is 6.71. The minimum absolute atomic E-state index is 0.0917. The van der Waals surface area contributed by atoms with Gasteiger partial charge in [-0.2, -0.15) is 4.72 Å². The number of benzene rings is 2. The van der Waals surface area contributed by atoms with Crippen LogP contribution >= 0.6 is 27.3 Å². The summed E-state index contributed by atoms with van der Waals surface area (Å²) in [5.74, 6) is -0.697. The van der Waals surface area contributed by atoms with Gasteiger partial charge in [0, 0.05) is 10.0 Å². The molecule has 0 saturated heterocycles. The van der Waals surface area contributed by atoms with E-state index in [1.165, 1.54) is 23.5 Å². The lowest BCUT2D eigenvalue weighted by molar-refractivity contribution is -0.118. The van der Waals surface area contributed by atoms with E-state index in [0.29, 0.717) is 16.6 Å². The third-order valence-electron chi connectivity index (χ3n) is 4.58. The quantitative estimate of drug-likeness (QED) is 0.472. The molecule has 2 atom stereocenters. The van der Waals surface area contributed by atoms with E-state index in [-0.39, 0.29) is 10.8 Å². The Balaban J connectivity index is 1.78. The summed E-state index contributed by atoms with van der Waals surface area (Å²) in [6, 6.07) is 14.8. The summed E-state index contributed by atoms with van der Waals surface area (Å²) < 4.78 is 28.9.